The van der Waals surface area contributed by atoms with Gasteiger partial charge in [-0.2, -0.15) is 5.26 Å². The van der Waals surface area contributed by atoms with E-state index in [2.05, 4.69) is 22.0 Å². The van der Waals surface area contributed by atoms with Crippen LogP contribution in [0.2, 0.25) is 0 Å². The zero-order valence-corrected chi connectivity index (χ0v) is 10.2. The molecule has 1 saturated heterocycles. The van der Waals surface area contributed by atoms with E-state index in [1.54, 1.807) is 12.1 Å². The van der Waals surface area contributed by atoms with Crippen LogP contribution >= 0.6 is 15.9 Å². The monoisotopic (exact) mass is 283 g/mol. The molecule has 0 amide bonds. The maximum absolute atomic E-state index is 13.7. The first-order chi connectivity index (χ1) is 7.72. The Bertz CT molecular complexity index is 430. The van der Waals surface area contributed by atoms with Gasteiger partial charge in [0.2, 0.25) is 0 Å². The van der Waals surface area contributed by atoms with Gasteiger partial charge < -0.3 is 4.74 Å². The molecule has 1 aromatic rings. The smallest absolute Gasteiger partial charge is 0.129 e. The van der Waals surface area contributed by atoms with Crippen LogP contribution in [0.25, 0.3) is 0 Å². The van der Waals surface area contributed by atoms with Crippen LogP contribution in [0.15, 0.2) is 22.7 Å². The molecule has 84 valence electrons. The average molecular weight is 284 g/mol. The number of hydrogen-bond acceptors (Lipinski definition) is 2. The molecule has 2 nitrogen and oxygen atoms in total. The van der Waals surface area contributed by atoms with E-state index in [1.807, 2.05) is 0 Å². The number of nitrogens with zero attached hydrogens (tertiary/aromatic N) is 1. The molecule has 2 rings (SSSR count). The summed E-state index contributed by atoms with van der Waals surface area (Å²) in [4.78, 5) is 0. The van der Waals surface area contributed by atoms with Gasteiger partial charge in [0.15, 0.2) is 0 Å². The number of nitriles is 1. The first kappa shape index (κ1) is 11.6. The molecule has 0 spiro atoms. The molecule has 0 radical (unpaired) electrons. The van der Waals surface area contributed by atoms with Crippen molar-refractivity contribution in [3.8, 4) is 6.07 Å². The van der Waals surface area contributed by atoms with Crippen molar-refractivity contribution in [3.63, 3.8) is 0 Å². The lowest BCUT2D eigenvalue weighted by Crippen LogP contribution is -2.22. The van der Waals surface area contributed by atoms with Gasteiger partial charge in [0, 0.05) is 16.6 Å². The highest BCUT2D eigenvalue weighted by Gasteiger charge is 2.29. The predicted molar refractivity (Wildman–Crippen MR) is 61.1 cm³/mol. The fourth-order valence-electron chi connectivity index (χ4n) is 1.95. The first-order valence-electron chi connectivity index (χ1n) is 5.18. The van der Waals surface area contributed by atoms with E-state index in [0.29, 0.717) is 12.2 Å². The molecule has 0 bridgehead atoms. The zero-order valence-electron chi connectivity index (χ0n) is 8.62. The summed E-state index contributed by atoms with van der Waals surface area (Å²) in [5.41, 5.74) is 0.473. The summed E-state index contributed by atoms with van der Waals surface area (Å²) < 4.78 is 20.0. The van der Waals surface area contributed by atoms with E-state index in [4.69, 9.17) is 10.00 Å². The summed E-state index contributed by atoms with van der Waals surface area (Å²) in [5.74, 6) is -0.562. The molecule has 1 aromatic carbocycles. The van der Waals surface area contributed by atoms with Crippen LogP contribution in [0.5, 0.6) is 0 Å². The van der Waals surface area contributed by atoms with Gasteiger partial charge in [-0.3, -0.25) is 0 Å². The van der Waals surface area contributed by atoms with Gasteiger partial charge in [-0.25, -0.2) is 4.39 Å². The second kappa shape index (κ2) is 4.94. The maximum Gasteiger partial charge on any atom is 0.129 e. The summed E-state index contributed by atoms with van der Waals surface area (Å²) in [7, 11) is 0. The second-order valence-electron chi connectivity index (χ2n) is 3.84. The third kappa shape index (κ3) is 2.26. The van der Waals surface area contributed by atoms with Gasteiger partial charge in [-0.05, 0) is 31.0 Å². The molecular formula is C12H11BrFNO. The zero-order chi connectivity index (χ0) is 11.5. The molecule has 0 saturated carbocycles. The quantitative estimate of drug-likeness (QED) is 0.789. The van der Waals surface area contributed by atoms with Gasteiger partial charge >= 0.3 is 0 Å². The van der Waals surface area contributed by atoms with E-state index in [0.717, 1.165) is 17.3 Å². The summed E-state index contributed by atoms with van der Waals surface area (Å²) in [6.45, 7) is 0.592. The lowest BCUT2D eigenvalue weighted by molar-refractivity contribution is -0.0122. The fourth-order valence-corrected chi connectivity index (χ4v) is 2.33. The van der Waals surface area contributed by atoms with Crippen LogP contribution in [0.1, 0.15) is 24.5 Å². The summed E-state index contributed by atoms with van der Waals surface area (Å²) in [6, 6.07) is 6.92. The Hall–Kier alpha value is -0.920. The second-order valence-corrected chi connectivity index (χ2v) is 4.75. The van der Waals surface area contributed by atoms with Gasteiger partial charge in [-0.15, -0.1) is 0 Å². The normalized spacial score (nSPS) is 25.1. The van der Waals surface area contributed by atoms with E-state index < -0.39 is 6.10 Å². The van der Waals surface area contributed by atoms with Crippen molar-refractivity contribution in [2.45, 2.75) is 18.9 Å². The molecule has 1 fully saturated rings. The SMILES string of the molecule is N#CC1CCCOC1c1cc(Br)ccc1F. The lowest BCUT2D eigenvalue weighted by Gasteiger charge is -2.27. The van der Waals surface area contributed by atoms with E-state index >= 15 is 0 Å². The van der Waals surface area contributed by atoms with Crippen molar-refractivity contribution in [3.05, 3.63) is 34.1 Å². The van der Waals surface area contributed by atoms with Crippen molar-refractivity contribution in [1.29, 1.82) is 5.26 Å². The Morgan fingerprint density at radius 2 is 2.31 bits per heavy atom. The molecule has 2 unspecified atom stereocenters. The largest absolute Gasteiger partial charge is 0.372 e. The van der Waals surface area contributed by atoms with Crippen LogP contribution in [0.3, 0.4) is 0 Å². The molecule has 1 aliphatic heterocycles. The van der Waals surface area contributed by atoms with Crippen LogP contribution in [-0.4, -0.2) is 6.61 Å². The lowest BCUT2D eigenvalue weighted by atomic mass is 9.90. The number of rotatable bonds is 1. The van der Waals surface area contributed by atoms with Gasteiger partial charge in [0.25, 0.3) is 0 Å². The number of hydrogen-bond donors (Lipinski definition) is 0. The molecule has 16 heavy (non-hydrogen) atoms. The Morgan fingerprint density at radius 3 is 3.06 bits per heavy atom. The molecule has 1 aliphatic rings. The van der Waals surface area contributed by atoms with Crippen molar-refractivity contribution in [2.24, 2.45) is 5.92 Å². The van der Waals surface area contributed by atoms with Crippen molar-refractivity contribution >= 4 is 15.9 Å². The van der Waals surface area contributed by atoms with E-state index in [9.17, 15) is 4.39 Å². The van der Waals surface area contributed by atoms with E-state index in [-0.39, 0.29) is 11.7 Å². The van der Waals surface area contributed by atoms with Gasteiger partial charge in [-0.1, -0.05) is 15.9 Å². The van der Waals surface area contributed by atoms with Gasteiger partial charge in [0.1, 0.15) is 11.9 Å². The Morgan fingerprint density at radius 1 is 1.50 bits per heavy atom. The Kier molecular flexibility index (Phi) is 3.57. The van der Waals surface area contributed by atoms with Crippen LogP contribution in [0.4, 0.5) is 4.39 Å². The van der Waals surface area contributed by atoms with Crippen molar-refractivity contribution in [2.75, 3.05) is 6.61 Å². The maximum atomic E-state index is 13.7. The summed E-state index contributed by atoms with van der Waals surface area (Å²) in [5, 5.41) is 9.02. The molecule has 0 N–H and O–H groups in total. The highest BCUT2D eigenvalue weighted by molar-refractivity contribution is 9.10. The van der Waals surface area contributed by atoms with Gasteiger partial charge in [0.05, 0.1) is 12.0 Å². The average Bonchev–Trinajstić information content (AvgIpc) is 2.32. The molecule has 2 atom stereocenters. The number of benzene rings is 1. The minimum Gasteiger partial charge on any atom is -0.372 e. The molecular weight excluding hydrogens is 273 g/mol. The molecule has 0 aliphatic carbocycles. The Balaban J connectivity index is 2.34. The highest BCUT2D eigenvalue weighted by Crippen LogP contribution is 2.35. The van der Waals surface area contributed by atoms with Crippen molar-refractivity contribution in [1.82, 2.24) is 0 Å². The van der Waals surface area contributed by atoms with Crippen LogP contribution in [0, 0.1) is 23.1 Å². The molecule has 0 aromatic heterocycles. The fraction of sp³-hybridized carbons (Fsp3) is 0.417. The minimum atomic E-state index is -0.434. The summed E-state index contributed by atoms with van der Waals surface area (Å²) >= 11 is 3.30. The van der Waals surface area contributed by atoms with E-state index in [1.165, 1.54) is 6.07 Å². The first-order valence-corrected chi connectivity index (χ1v) is 5.98. The van der Waals surface area contributed by atoms with Crippen LogP contribution in [-0.2, 0) is 4.74 Å². The Labute approximate surface area is 102 Å². The van der Waals surface area contributed by atoms with Crippen molar-refractivity contribution < 1.29 is 9.13 Å². The predicted octanol–water partition coefficient (Wildman–Crippen LogP) is 3.58. The third-order valence-corrected chi connectivity index (χ3v) is 3.25. The highest BCUT2D eigenvalue weighted by atomic mass is 79.9. The molecule has 4 heteroatoms. The minimum absolute atomic E-state index is 0.252. The standard InChI is InChI=1S/C12H11BrFNO/c13-9-3-4-11(14)10(6-9)12-8(7-15)2-1-5-16-12/h3-4,6,8,12H,1-2,5H2. The van der Waals surface area contributed by atoms with Crippen LogP contribution < -0.4 is 0 Å². The third-order valence-electron chi connectivity index (χ3n) is 2.75. The topological polar surface area (TPSA) is 33.0 Å². The summed E-state index contributed by atoms with van der Waals surface area (Å²) in [6.07, 6.45) is 1.20. The number of halogens is 2. The number of ether oxygens (including phenoxy) is 1. The molecule has 1 heterocycles.